The first-order valence-electron chi connectivity index (χ1n) is 42.5. The highest BCUT2D eigenvalue weighted by Crippen LogP contribution is 2.45. The van der Waals surface area contributed by atoms with Crippen LogP contribution in [-0.2, 0) is 65.4 Å². The molecular weight excluding hydrogens is 1320 g/mol. The van der Waals surface area contributed by atoms with Gasteiger partial charge in [-0.3, -0.25) is 37.3 Å². The Kier molecular flexibility index (Phi) is 72.2. The summed E-state index contributed by atoms with van der Waals surface area (Å²) in [5, 5.41) is 10.6. The molecule has 0 rings (SSSR count). The Morgan fingerprint density at radius 2 is 0.505 bits per heavy atom. The first kappa shape index (κ1) is 99.1. The van der Waals surface area contributed by atoms with Crippen LogP contribution in [0.4, 0.5) is 0 Å². The van der Waals surface area contributed by atoms with Gasteiger partial charge in [0.25, 0.3) is 0 Å². The maximum Gasteiger partial charge on any atom is 0.472 e. The van der Waals surface area contributed by atoms with Crippen molar-refractivity contribution >= 4 is 39.5 Å². The van der Waals surface area contributed by atoms with Crippen molar-refractivity contribution < 1.29 is 80.2 Å². The van der Waals surface area contributed by atoms with E-state index in [2.05, 4.69) is 41.5 Å². The van der Waals surface area contributed by atoms with E-state index in [1.54, 1.807) is 0 Å². The minimum absolute atomic E-state index is 0.107. The number of aliphatic hydroxyl groups is 1. The maximum atomic E-state index is 13.1. The van der Waals surface area contributed by atoms with Crippen molar-refractivity contribution in [2.24, 2.45) is 11.8 Å². The van der Waals surface area contributed by atoms with Crippen LogP contribution in [0.25, 0.3) is 0 Å². The molecule has 0 aliphatic rings. The second-order valence-corrected chi connectivity index (χ2v) is 33.1. The van der Waals surface area contributed by atoms with Gasteiger partial charge in [-0.05, 0) is 37.5 Å². The van der Waals surface area contributed by atoms with Gasteiger partial charge in [-0.1, -0.05) is 382 Å². The summed E-state index contributed by atoms with van der Waals surface area (Å²) < 4.78 is 68.7. The van der Waals surface area contributed by atoms with Crippen LogP contribution in [-0.4, -0.2) is 96.7 Å². The molecule has 0 aromatic rings. The maximum absolute atomic E-state index is 13.1. The molecule has 0 saturated carbocycles. The zero-order valence-electron chi connectivity index (χ0n) is 66.2. The van der Waals surface area contributed by atoms with Gasteiger partial charge >= 0.3 is 39.5 Å². The van der Waals surface area contributed by atoms with E-state index in [-0.39, 0.29) is 25.7 Å². The highest BCUT2D eigenvalue weighted by Gasteiger charge is 2.30. The van der Waals surface area contributed by atoms with Gasteiger partial charge in [0.2, 0.25) is 0 Å². The summed E-state index contributed by atoms with van der Waals surface area (Å²) in [6.45, 7) is 9.62. The van der Waals surface area contributed by atoms with Crippen LogP contribution >= 0.6 is 15.6 Å². The van der Waals surface area contributed by atoms with E-state index in [0.29, 0.717) is 25.7 Å². The summed E-state index contributed by atoms with van der Waals surface area (Å²) >= 11 is 0. The zero-order valence-corrected chi connectivity index (χ0v) is 68.0. The predicted molar refractivity (Wildman–Crippen MR) is 414 cm³/mol. The van der Waals surface area contributed by atoms with Gasteiger partial charge in [-0.15, -0.1) is 0 Å². The van der Waals surface area contributed by atoms with Crippen molar-refractivity contribution in [2.45, 2.75) is 452 Å². The molecule has 600 valence electrons. The van der Waals surface area contributed by atoms with Gasteiger partial charge in [0.15, 0.2) is 12.2 Å². The molecule has 17 nitrogen and oxygen atoms in total. The average Bonchev–Trinajstić information content (AvgIpc) is 0.929. The van der Waals surface area contributed by atoms with E-state index < -0.39 is 97.5 Å². The fourth-order valence-corrected chi connectivity index (χ4v) is 14.3. The third-order valence-electron chi connectivity index (χ3n) is 19.6. The molecule has 101 heavy (non-hydrogen) atoms. The van der Waals surface area contributed by atoms with Crippen LogP contribution < -0.4 is 0 Å². The van der Waals surface area contributed by atoms with E-state index in [1.165, 1.54) is 244 Å². The predicted octanol–water partition coefficient (Wildman–Crippen LogP) is 24.7. The highest BCUT2D eigenvalue weighted by atomic mass is 31.2. The smallest absolute Gasteiger partial charge is 0.462 e. The lowest BCUT2D eigenvalue weighted by Gasteiger charge is -2.21. The molecule has 0 fully saturated rings. The summed E-state index contributed by atoms with van der Waals surface area (Å²) in [6, 6.07) is 0. The number of rotatable bonds is 81. The van der Waals surface area contributed by atoms with E-state index in [4.69, 9.17) is 37.0 Å². The van der Waals surface area contributed by atoms with Crippen molar-refractivity contribution in [3.05, 3.63) is 0 Å². The minimum Gasteiger partial charge on any atom is -0.462 e. The normalized spacial score (nSPS) is 14.2. The number of esters is 4. The number of phosphoric ester groups is 2. The van der Waals surface area contributed by atoms with Gasteiger partial charge in [0.05, 0.1) is 26.4 Å². The van der Waals surface area contributed by atoms with Crippen LogP contribution in [0.5, 0.6) is 0 Å². The summed E-state index contributed by atoms with van der Waals surface area (Å²) in [5.41, 5.74) is 0. The Morgan fingerprint density at radius 3 is 0.752 bits per heavy atom. The molecule has 0 spiro atoms. The minimum atomic E-state index is -4.96. The quantitative estimate of drug-likeness (QED) is 0.0222. The van der Waals surface area contributed by atoms with E-state index >= 15 is 0 Å². The molecule has 0 aromatic heterocycles. The number of carbonyl (C=O) groups is 4. The van der Waals surface area contributed by atoms with Gasteiger partial charge < -0.3 is 33.8 Å². The van der Waals surface area contributed by atoms with Gasteiger partial charge in [-0.25, -0.2) is 9.13 Å². The fourth-order valence-electron chi connectivity index (χ4n) is 12.7. The molecule has 0 radical (unpaired) electrons. The zero-order chi connectivity index (χ0) is 74.2. The summed E-state index contributed by atoms with van der Waals surface area (Å²) in [4.78, 5) is 73.0. The SMILES string of the molecule is CCCCCCCCCCCCCCCCCCCCCCCC(=O)O[C@H](COC(=O)CCCCCCCCCCCCCCCCCC(C)C)COP(=O)(O)OC[C@@H](O)COP(=O)(O)OC[C@@H](COC(=O)CCCCCCCCC(C)CC)OC(=O)CCCCCCCCCCCCCC. The topological polar surface area (TPSA) is 237 Å². The number of unbranched alkanes of at least 4 members (excludes halogenated alkanes) is 50. The number of ether oxygens (including phenoxy) is 4. The van der Waals surface area contributed by atoms with E-state index in [9.17, 15) is 43.2 Å². The molecule has 0 aromatic carbocycles. The Hall–Kier alpha value is -1.94. The number of carbonyl (C=O) groups excluding carboxylic acids is 4. The standard InChI is InChI=1S/C82H160O17P2/c1-7-10-12-14-16-18-20-22-23-24-25-26-27-28-31-35-39-43-47-55-61-67-82(87)98-77(70-92-79(84)64-58-52-45-41-38-34-32-29-30-33-36-40-44-50-56-62-74(4)5)72-96-100(88,89)94-68-76(83)69-95-101(90,91)97-73-78(71-93-80(85)65-59-53-49-48-51-57-63-75(6)9-3)99-81(86)66-60-54-46-42-37-21-19-17-15-13-11-8-2/h74-78,83H,7-73H2,1-6H3,(H,88,89)(H,90,91)/t75?,76-,77-,78-/m1/s1. The monoisotopic (exact) mass is 1480 g/mol. The Bertz CT molecular complexity index is 1940. The molecule has 19 heteroatoms. The summed E-state index contributed by atoms with van der Waals surface area (Å²) in [6.07, 6.45) is 63.9. The third kappa shape index (κ3) is 74.7. The van der Waals surface area contributed by atoms with Crippen molar-refractivity contribution in [3.63, 3.8) is 0 Å². The fraction of sp³-hybridized carbons (Fsp3) is 0.951. The largest absolute Gasteiger partial charge is 0.472 e. The molecule has 3 N–H and O–H groups in total. The molecule has 3 unspecified atom stereocenters. The second kappa shape index (κ2) is 73.6. The number of aliphatic hydroxyl groups excluding tert-OH is 1. The lowest BCUT2D eigenvalue weighted by Crippen LogP contribution is -2.30. The lowest BCUT2D eigenvalue weighted by atomic mass is 10.00. The van der Waals surface area contributed by atoms with Crippen molar-refractivity contribution in [3.8, 4) is 0 Å². The molecule has 0 amide bonds. The lowest BCUT2D eigenvalue weighted by molar-refractivity contribution is -0.161. The summed E-state index contributed by atoms with van der Waals surface area (Å²) in [5.74, 6) is -0.571. The van der Waals surface area contributed by atoms with Crippen molar-refractivity contribution in [2.75, 3.05) is 39.6 Å². The summed E-state index contributed by atoms with van der Waals surface area (Å²) in [7, 11) is -9.92. The molecule has 0 aliphatic carbocycles. The van der Waals surface area contributed by atoms with Gasteiger partial charge in [0, 0.05) is 25.7 Å². The van der Waals surface area contributed by atoms with Crippen molar-refractivity contribution in [1.82, 2.24) is 0 Å². The number of hydrogen-bond acceptors (Lipinski definition) is 15. The van der Waals surface area contributed by atoms with E-state index in [0.717, 1.165) is 108 Å². The number of phosphoric acid groups is 2. The second-order valence-electron chi connectivity index (χ2n) is 30.2. The van der Waals surface area contributed by atoms with Gasteiger partial charge in [0.1, 0.15) is 19.3 Å². The third-order valence-corrected chi connectivity index (χ3v) is 21.5. The molecule has 0 aliphatic heterocycles. The molecule has 0 bridgehead atoms. The molecule has 0 saturated heterocycles. The average molecular weight is 1480 g/mol. The first-order valence-corrected chi connectivity index (χ1v) is 45.5. The van der Waals surface area contributed by atoms with Gasteiger partial charge in [-0.2, -0.15) is 0 Å². The molecule has 0 heterocycles. The van der Waals surface area contributed by atoms with Crippen molar-refractivity contribution in [1.29, 1.82) is 0 Å². The van der Waals surface area contributed by atoms with Crippen LogP contribution in [0.2, 0.25) is 0 Å². The molecular formula is C82H160O17P2. The Balaban J connectivity index is 5.21. The van der Waals surface area contributed by atoms with Crippen LogP contribution in [0.3, 0.4) is 0 Å². The Morgan fingerprint density at radius 1 is 0.287 bits per heavy atom. The number of hydrogen-bond donors (Lipinski definition) is 3. The highest BCUT2D eigenvalue weighted by molar-refractivity contribution is 7.47. The Labute approximate surface area is 619 Å². The van der Waals surface area contributed by atoms with Crippen LogP contribution in [0.15, 0.2) is 0 Å². The van der Waals surface area contributed by atoms with Crippen LogP contribution in [0, 0.1) is 11.8 Å². The molecule has 6 atom stereocenters. The first-order chi connectivity index (χ1) is 48.9. The van der Waals surface area contributed by atoms with E-state index in [1.807, 2.05) is 0 Å². The van der Waals surface area contributed by atoms with Crippen LogP contribution in [0.1, 0.15) is 433 Å².